The summed E-state index contributed by atoms with van der Waals surface area (Å²) < 4.78 is 5.30. The number of rotatable bonds is 7. The molecule has 0 bridgehead atoms. The van der Waals surface area contributed by atoms with E-state index in [1.807, 2.05) is 25.8 Å². The number of hydrogen-bond acceptors (Lipinski definition) is 6. The number of nitrogens with zero attached hydrogens (tertiary/aromatic N) is 3. The fourth-order valence-electron chi connectivity index (χ4n) is 2.00. The molecule has 1 fully saturated rings. The molecule has 0 spiro atoms. The van der Waals surface area contributed by atoms with E-state index in [1.165, 1.54) is 0 Å². The third-order valence-corrected chi connectivity index (χ3v) is 3.81. The van der Waals surface area contributed by atoms with Gasteiger partial charge in [-0.3, -0.25) is 4.90 Å². The van der Waals surface area contributed by atoms with Gasteiger partial charge < -0.3 is 14.7 Å². The summed E-state index contributed by atoms with van der Waals surface area (Å²) in [5, 5.41) is 22.7. The Bertz CT molecular complexity index is 413. The largest absolute Gasteiger partial charge is 0.396 e. The summed E-state index contributed by atoms with van der Waals surface area (Å²) in [7, 11) is 1.93. The van der Waals surface area contributed by atoms with Gasteiger partial charge in [-0.15, -0.1) is 0 Å². The quantitative estimate of drug-likeness (QED) is 0.766. The number of aromatic nitrogens is 2. The monoisotopic (exact) mass is 269 g/mol. The Morgan fingerprint density at radius 1 is 1.42 bits per heavy atom. The lowest BCUT2D eigenvalue weighted by Gasteiger charge is -2.32. The minimum atomic E-state index is -0.525. The van der Waals surface area contributed by atoms with Crippen molar-refractivity contribution in [3.05, 3.63) is 11.7 Å². The molecule has 1 aliphatic rings. The zero-order chi connectivity index (χ0) is 14.0. The van der Waals surface area contributed by atoms with Crippen LogP contribution in [-0.4, -0.2) is 52.1 Å². The van der Waals surface area contributed by atoms with Gasteiger partial charge in [0.1, 0.15) is 0 Å². The molecule has 1 heterocycles. The van der Waals surface area contributed by atoms with Gasteiger partial charge in [0.25, 0.3) is 0 Å². The van der Waals surface area contributed by atoms with Crippen molar-refractivity contribution in [2.75, 3.05) is 26.8 Å². The van der Waals surface area contributed by atoms with Crippen molar-refractivity contribution < 1.29 is 14.7 Å². The minimum absolute atomic E-state index is 0.0302. The summed E-state index contributed by atoms with van der Waals surface area (Å²) in [6.45, 7) is 4.27. The molecule has 0 amide bonds. The highest BCUT2D eigenvalue weighted by molar-refractivity contribution is 5.04. The van der Waals surface area contributed by atoms with E-state index in [4.69, 9.17) is 4.52 Å². The van der Waals surface area contributed by atoms with Crippen LogP contribution in [0.15, 0.2) is 4.52 Å². The Hall–Kier alpha value is -0.980. The van der Waals surface area contributed by atoms with E-state index in [-0.39, 0.29) is 19.3 Å². The van der Waals surface area contributed by atoms with Crippen LogP contribution in [0.4, 0.5) is 0 Å². The molecule has 6 heteroatoms. The van der Waals surface area contributed by atoms with Crippen LogP contribution in [0.3, 0.4) is 0 Å². The Morgan fingerprint density at radius 2 is 2.05 bits per heavy atom. The molecule has 1 aromatic rings. The van der Waals surface area contributed by atoms with Gasteiger partial charge in [0.2, 0.25) is 5.89 Å². The molecule has 2 rings (SSSR count). The average molecular weight is 269 g/mol. The Balaban J connectivity index is 1.98. The summed E-state index contributed by atoms with van der Waals surface area (Å²) in [5.74, 6) is 1.89. The predicted molar refractivity (Wildman–Crippen MR) is 69.6 cm³/mol. The van der Waals surface area contributed by atoms with Gasteiger partial charge in [-0.1, -0.05) is 12.1 Å². The first-order chi connectivity index (χ1) is 8.99. The molecule has 2 N–H and O–H groups in total. The first kappa shape index (κ1) is 14.4. The maximum Gasteiger partial charge on any atom is 0.243 e. The molecule has 0 aliphatic heterocycles. The average Bonchev–Trinajstić information content (AvgIpc) is 3.15. The van der Waals surface area contributed by atoms with Gasteiger partial charge in [0, 0.05) is 17.9 Å². The molecule has 1 aromatic heterocycles. The fraction of sp³-hybridized carbons (Fsp3) is 0.846. The third kappa shape index (κ3) is 3.32. The first-order valence-electron chi connectivity index (χ1n) is 6.74. The molecule has 1 aliphatic carbocycles. The van der Waals surface area contributed by atoms with Crippen LogP contribution in [0.25, 0.3) is 0 Å². The van der Waals surface area contributed by atoms with Crippen molar-refractivity contribution in [3.63, 3.8) is 0 Å². The second kappa shape index (κ2) is 5.56. The molecule has 1 unspecified atom stereocenters. The van der Waals surface area contributed by atoms with Gasteiger partial charge in [0.15, 0.2) is 5.82 Å². The molecule has 0 saturated heterocycles. The Morgan fingerprint density at radius 3 is 2.58 bits per heavy atom. The van der Waals surface area contributed by atoms with Crippen molar-refractivity contribution in [2.24, 2.45) is 5.41 Å². The van der Waals surface area contributed by atoms with Crippen LogP contribution in [0.1, 0.15) is 50.4 Å². The number of aliphatic hydroxyl groups is 2. The SMILES string of the molecule is CC(c1nc(C2CC2)no1)N(C)CC(C)(CO)CO. The van der Waals surface area contributed by atoms with E-state index in [2.05, 4.69) is 10.1 Å². The van der Waals surface area contributed by atoms with Gasteiger partial charge in [-0.25, -0.2) is 0 Å². The molecular weight excluding hydrogens is 246 g/mol. The predicted octanol–water partition coefficient (Wildman–Crippen LogP) is 0.931. The van der Waals surface area contributed by atoms with E-state index < -0.39 is 5.41 Å². The smallest absolute Gasteiger partial charge is 0.243 e. The lowest BCUT2D eigenvalue weighted by atomic mass is 9.92. The number of hydrogen-bond donors (Lipinski definition) is 2. The van der Waals surface area contributed by atoms with Gasteiger partial charge in [-0.2, -0.15) is 4.98 Å². The first-order valence-corrected chi connectivity index (χ1v) is 6.74. The van der Waals surface area contributed by atoms with Crippen LogP contribution >= 0.6 is 0 Å². The summed E-state index contributed by atoms with van der Waals surface area (Å²) in [6, 6.07) is -0.0302. The highest BCUT2D eigenvalue weighted by Gasteiger charge is 2.32. The lowest BCUT2D eigenvalue weighted by molar-refractivity contribution is 0.0287. The maximum absolute atomic E-state index is 9.33. The van der Waals surface area contributed by atoms with Gasteiger partial charge in [0.05, 0.1) is 19.3 Å². The molecule has 19 heavy (non-hydrogen) atoms. The van der Waals surface area contributed by atoms with Crippen LogP contribution in [-0.2, 0) is 0 Å². The summed E-state index contributed by atoms with van der Waals surface area (Å²) >= 11 is 0. The summed E-state index contributed by atoms with van der Waals surface area (Å²) in [4.78, 5) is 6.44. The van der Waals surface area contributed by atoms with Crippen molar-refractivity contribution in [1.82, 2.24) is 15.0 Å². The zero-order valence-corrected chi connectivity index (χ0v) is 11.8. The van der Waals surface area contributed by atoms with Crippen molar-refractivity contribution in [1.29, 1.82) is 0 Å². The maximum atomic E-state index is 9.33. The van der Waals surface area contributed by atoms with Crippen LogP contribution < -0.4 is 0 Å². The molecular formula is C13H23N3O3. The zero-order valence-electron chi connectivity index (χ0n) is 11.8. The molecule has 1 saturated carbocycles. The minimum Gasteiger partial charge on any atom is -0.396 e. The van der Waals surface area contributed by atoms with E-state index in [0.717, 1.165) is 18.7 Å². The molecule has 0 aromatic carbocycles. The highest BCUT2D eigenvalue weighted by Crippen LogP contribution is 2.38. The van der Waals surface area contributed by atoms with Gasteiger partial charge >= 0.3 is 0 Å². The summed E-state index contributed by atoms with van der Waals surface area (Å²) in [5.41, 5.74) is -0.525. The standard InChI is InChI=1S/C13H23N3O3/c1-9(16(3)6-13(2,7-17)8-18)12-14-11(15-19-12)10-4-5-10/h9-10,17-18H,4-8H2,1-3H3. The van der Waals surface area contributed by atoms with Crippen LogP contribution in [0.2, 0.25) is 0 Å². The normalized spacial score (nSPS) is 18.0. The van der Waals surface area contributed by atoms with Crippen LogP contribution in [0, 0.1) is 5.41 Å². The Kier molecular flexibility index (Phi) is 4.23. The number of aliphatic hydroxyl groups excluding tert-OH is 2. The van der Waals surface area contributed by atoms with E-state index in [1.54, 1.807) is 0 Å². The highest BCUT2D eigenvalue weighted by atomic mass is 16.5. The van der Waals surface area contributed by atoms with E-state index in [9.17, 15) is 10.2 Å². The van der Waals surface area contributed by atoms with Crippen molar-refractivity contribution in [2.45, 2.75) is 38.6 Å². The fourth-order valence-corrected chi connectivity index (χ4v) is 2.00. The van der Waals surface area contributed by atoms with E-state index >= 15 is 0 Å². The lowest BCUT2D eigenvalue weighted by Crippen LogP contribution is -2.40. The Labute approximate surface area is 113 Å². The summed E-state index contributed by atoms with van der Waals surface area (Å²) in [6.07, 6.45) is 2.30. The van der Waals surface area contributed by atoms with Crippen molar-refractivity contribution >= 4 is 0 Å². The second-order valence-corrected chi connectivity index (χ2v) is 5.98. The van der Waals surface area contributed by atoms with Crippen LogP contribution in [0.5, 0.6) is 0 Å². The third-order valence-electron chi connectivity index (χ3n) is 3.81. The molecule has 108 valence electrons. The topological polar surface area (TPSA) is 82.6 Å². The van der Waals surface area contributed by atoms with E-state index in [0.29, 0.717) is 18.4 Å². The second-order valence-electron chi connectivity index (χ2n) is 5.98. The molecule has 1 atom stereocenters. The molecule has 6 nitrogen and oxygen atoms in total. The van der Waals surface area contributed by atoms with Gasteiger partial charge in [-0.05, 0) is 26.8 Å². The van der Waals surface area contributed by atoms with Crippen molar-refractivity contribution in [3.8, 4) is 0 Å². The molecule has 0 radical (unpaired) electrons.